The van der Waals surface area contributed by atoms with Gasteiger partial charge in [-0.15, -0.1) is 0 Å². The van der Waals surface area contributed by atoms with Gasteiger partial charge in [0, 0.05) is 13.2 Å². The summed E-state index contributed by atoms with van der Waals surface area (Å²) < 4.78 is 5.59. The third-order valence-electron chi connectivity index (χ3n) is 2.78. The van der Waals surface area contributed by atoms with Gasteiger partial charge < -0.3 is 10.1 Å². The van der Waals surface area contributed by atoms with E-state index in [-0.39, 0.29) is 0 Å². The molecule has 0 saturated carbocycles. The largest absolute Gasteiger partial charge is 0.381 e. The molecule has 98 valence electrons. The van der Waals surface area contributed by atoms with Crippen LogP contribution in [0.25, 0.3) is 0 Å². The molecule has 0 saturated heterocycles. The van der Waals surface area contributed by atoms with Crippen molar-refractivity contribution >= 4 is 0 Å². The lowest BCUT2D eigenvalue weighted by Crippen LogP contribution is -2.14. The Morgan fingerprint density at radius 3 is 2.06 bits per heavy atom. The van der Waals surface area contributed by atoms with Gasteiger partial charge in [0.15, 0.2) is 0 Å². The lowest BCUT2D eigenvalue weighted by Gasteiger charge is -2.04. The molecular weight excluding hydrogens is 198 g/mol. The molecule has 0 spiro atoms. The van der Waals surface area contributed by atoms with Crippen molar-refractivity contribution in [2.45, 2.75) is 65.2 Å². The number of unbranched alkanes of at least 4 members (excludes halogenated alkanes) is 6. The first-order chi connectivity index (χ1) is 7.91. The van der Waals surface area contributed by atoms with Gasteiger partial charge in [-0.05, 0) is 32.4 Å². The van der Waals surface area contributed by atoms with E-state index in [0.717, 1.165) is 26.3 Å². The molecule has 0 atom stereocenters. The summed E-state index contributed by atoms with van der Waals surface area (Å²) >= 11 is 0. The second-order valence-corrected chi connectivity index (χ2v) is 4.44. The van der Waals surface area contributed by atoms with E-state index >= 15 is 0 Å². The van der Waals surface area contributed by atoms with E-state index in [4.69, 9.17) is 4.74 Å². The van der Waals surface area contributed by atoms with E-state index in [1.807, 2.05) is 0 Å². The predicted molar refractivity (Wildman–Crippen MR) is 72.0 cm³/mol. The zero-order valence-corrected chi connectivity index (χ0v) is 11.4. The molecule has 2 nitrogen and oxygen atoms in total. The molecule has 0 amide bonds. The van der Waals surface area contributed by atoms with Crippen LogP contribution in [0.5, 0.6) is 0 Å². The number of hydrogen-bond acceptors (Lipinski definition) is 2. The van der Waals surface area contributed by atoms with Crippen molar-refractivity contribution in [3.05, 3.63) is 0 Å². The summed E-state index contributed by atoms with van der Waals surface area (Å²) in [6, 6.07) is 0. The minimum atomic E-state index is 0.945. The van der Waals surface area contributed by atoms with Crippen molar-refractivity contribution in [3.8, 4) is 0 Å². The van der Waals surface area contributed by atoms with Gasteiger partial charge in [-0.1, -0.05) is 46.0 Å². The molecular formula is C14H31NO. The highest BCUT2D eigenvalue weighted by Crippen LogP contribution is 2.04. The highest BCUT2D eigenvalue weighted by Gasteiger charge is 1.92. The van der Waals surface area contributed by atoms with Gasteiger partial charge in [-0.2, -0.15) is 0 Å². The Morgan fingerprint density at radius 2 is 1.38 bits per heavy atom. The maximum atomic E-state index is 5.59. The molecule has 0 bridgehead atoms. The fourth-order valence-corrected chi connectivity index (χ4v) is 1.72. The number of hydrogen-bond donors (Lipinski definition) is 1. The highest BCUT2D eigenvalue weighted by atomic mass is 16.5. The number of ether oxygens (including phenoxy) is 1. The minimum absolute atomic E-state index is 0.945. The first-order valence-corrected chi connectivity index (χ1v) is 7.20. The van der Waals surface area contributed by atoms with Gasteiger partial charge in [-0.25, -0.2) is 0 Å². The van der Waals surface area contributed by atoms with Crippen molar-refractivity contribution in [1.29, 1.82) is 0 Å². The Kier molecular flexibility index (Phi) is 14.8. The molecule has 0 aliphatic heterocycles. The Balaban J connectivity index is 2.83. The standard InChI is InChI=1S/C14H31NO/c1-3-5-6-7-8-10-13-16-14-11-9-12-15-4-2/h15H,3-14H2,1-2H3. The fourth-order valence-electron chi connectivity index (χ4n) is 1.72. The molecule has 0 aromatic heterocycles. The Morgan fingerprint density at radius 1 is 0.750 bits per heavy atom. The van der Waals surface area contributed by atoms with Gasteiger partial charge >= 0.3 is 0 Å². The zero-order chi connectivity index (χ0) is 11.9. The van der Waals surface area contributed by atoms with Gasteiger partial charge in [0.2, 0.25) is 0 Å². The molecule has 0 unspecified atom stereocenters. The van der Waals surface area contributed by atoms with Crippen molar-refractivity contribution in [2.24, 2.45) is 0 Å². The van der Waals surface area contributed by atoms with E-state index < -0.39 is 0 Å². The fraction of sp³-hybridized carbons (Fsp3) is 1.00. The molecule has 0 heterocycles. The zero-order valence-electron chi connectivity index (χ0n) is 11.4. The summed E-state index contributed by atoms with van der Waals surface area (Å²) in [6.45, 7) is 8.54. The first-order valence-electron chi connectivity index (χ1n) is 7.20. The maximum Gasteiger partial charge on any atom is 0.0466 e. The second-order valence-electron chi connectivity index (χ2n) is 4.44. The number of rotatable bonds is 13. The van der Waals surface area contributed by atoms with Gasteiger partial charge in [-0.3, -0.25) is 0 Å². The third-order valence-corrected chi connectivity index (χ3v) is 2.78. The van der Waals surface area contributed by atoms with Crippen LogP contribution in [0.4, 0.5) is 0 Å². The lowest BCUT2D eigenvalue weighted by atomic mass is 10.1. The highest BCUT2D eigenvalue weighted by molar-refractivity contribution is 4.46. The monoisotopic (exact) mass is 229 g/mol. The molecule has 2 heteroatoms. The van der Waals surface area contributed by atoms with Crippen LogP contribution in [-0.4, -0.2) is 26.3 Å². The molecule has 1 N–H and O–H groups in total. The summed E-state index contributed by atoms with van der Waals surface area (Å²) in [5.74, 6) is 0. The molecule has 0 rings (SSSR count). The van der Waals surface area contributed by atoms with Crippen LogP contribution in [0, 0.1) is 0 Å². The number of nitrogens with one attached hydrogen (secondary N) is 1. The van der Waals surface area contributed by atoms with Crippen LogP contribution in [0.15, 0.2) is 0 Å². The molecule has 0 aliphatic rings. The molecule has 0 fully saturated rings. The van der Waals surface area contributed by atoms with Crippen LogP contribution in [0.1, 0.15) is 65.2 Å². The van der Waals surface area contributed by atoms with Crippen LogP contribution < -0.4 is 5.32 Å². The maximum absolute atomic E-state index is 5.59. The smallest absolute Gasteiger partial charge is 0.0466 e. The lowest BCUT2D eigenvalue weighted by molar-refractivity contribution is 0.126. The normalized spacial score (nSPS) is 10.9. The van der Waals surface area contributed by atoms with Crippen LogP contribution >= 0.6 is 0 Å². The van der Waals surface area contributed by atoms with E-state index in [2.05, 4.69) is 19.2 Å². The third kappa shape index (κ3) is 13.9. The average molecular weight is 229 g/mol. The predicted octanol–water partition coefficient (Wildman–Crippen LogP) is 3.75. The summed E-state index contributed by atoms with van der Waals surface area (Å²) in [6.07, 6.45) is 10.5. The van der Waals surface area contributed by atoms with Gasteiger partial charge in [0.25, 0.3) is 0 Å². The molecule has 0 aromatic carbocycles. The van der Waals surface area contributed by atoms with Crippen LogP contribution in [0.3, 0.4) is 0 Å². The quantitative estimate of drug-likeness (QED) is 0.486. The van der Waals surface area contributed by atoms with Crippen LogP contribution in [-0.2, 0) is 4.74 Å². The summed E-state index contributed by atoms with van der Waals surface area (Å²) in [5.41, 5.74) is 0. The average Bonchev–Trinajstić information content (AvgIpc) is 2.31. The van der Waals surface area contributed by atoms with E-state index in [1.54, 1.807) is 0 Å². The van der Waals surface area contributed by atoms with Crippen molar-refractivity contribution < 1.29 is 4.74 Å². The summed E-state index contributed by atoms with van der Waals surface area (Å²) in [7, 11) is 0. The Hall–Kier alpha value is -0.0800. The Bertz CT molecular complexity index is 103. The van der Waals surface area contributed by atoms with E-state index in [1.165, 1.54) is 51.4 Å². The summed E-state index contributed by atoms with van der Waals surface area (Å²) in [4.78, 5) is 0. The minimum Gasteiger partial charge on any atom is -0.381 e. The van der Waals surface area contributed by atoms with E-state index in [0.29, 0.717) is 0 Å². The van der Waals surface area contributed by atoms with Gasteiger partial charge in [0.1, 0.15) is 0 Å². The molecule has 0 aromatic rings. The topological polar surface area (TPSA) is 21.3 Å². The second kappa shape index (κ2) is 14.9. The van der Waals surface area contributed by atoms with Crippen LogP contribution in [0.2, 0.25) is 0 Å². The van der Waals surface area contributed by atoms with Crippen molar-refractivity contribution in [2.75, 3.05) is 26.3 Å². The molecule has 0 aliphatic carbocycles. The van der Waals surface area contributed by atoms with Crippen molar-refractivity contribution in [3.63, 3.8) is 0 Å². The SMILES string of the molecule is CCCCCCCCOCCCCNCC. The van der Waals surface area contributed by atoms with E-state index in [9.17, 15) is 0 Å². The first kappa shape index (κ1) is 15.9. The summed E-state index contributed by atoms with van der Waals surface area (Å²) in [5, 5.41) is 3.32. The molecule has 16 heavy (non-hydrogen) atoms. The molecule has 0 radical (unpaired) electrons. The van der Waals surface area contributed by atoms with Gasteiger partial charge in [0.05, 0.1) is 0 Å². The Labute approximate surface area is 102 Å². The van der Waals surface area contributed by atoms with Crippen molar-refractivity contribution in [1.82, 2.24) is 5.32 Å².